The van der Waals surface area contributed by atoms with Crippen LogP contribution in [0.15, 0.2) is 52.8 Å². The van der Waals surface area contributed by atoms with Crippen LogP contribution in [0.1, 0.15) is 58.6 Å². The second-order valence-electron chi connectivity index (χ2n) is 10.0. The average Bonchev–Trinajstić information content (AvgIpc) is 3.55. The molecule has 1 spiro atoms. The Morgan fingerprint density at radius 1 is 1.21 bits per heavy atom. The predicted molar refractivity (Wildman–Crippen MR) is 130 cm³/mol. The molecule has 2 amide bonds. The maximum absolute atomic E-state index is 14.1. The molecule has 1 fully saturated rings. The summed E-state index contributed by atoms with van der Waals surface area (Å²) in [5.74, 6) is -4.08. The molecule has 3 aliphatic rings. The zero-order valence-electron chi connectivity index (χ0n) is 20.7. The number of carbonyl (C=O) groups excluding carboxylic acids is 2. The van der Waals surface area contributed by atoms with E-state index in [0.717, 1.165) is 6.07 Å². The largest absolute Gasteiger partial charge is 0.385 e. The molecule has 0 radical (unpaired) electrons. The van der Waals surface area contributed by atoms with Gasteiger partial charge < -0.3 is 19.6 Å². The number of rotatable bonds is 3. The Hall–Kier alpha value is -4.42. The van der Waals surface area contributed by atoms with Crippen LogP contribution in [0.25, 0.3) is 0 Å². The molecule has 6 rings (SSSR count). The molecule has 1 aromatic carbocycles. The molecule has 39 heavy (non-hydrogen) atoms. The average molecular weight is 541 g/mol. The van der Waals surface area contributed by atoms with Gasteiger partial charge in [0.05, 0.1) is 12.5 Å². The van der Waals surface area contributed by atoms with Crippen molar-refractivity contribution in [3.8, 4) is 0 Å². The van der Waals surface area contributed by atoms with E-state index < -0.39 is 52.5 Å². The van der Waals surface area contributed by atoms with Gasteiger partial charge in [0.2, 0.25) is 0 Å². The van der Waals surface area contributed by atoms with Gasteiger partial charge in [0.25, 0.3) is 11.8 Å². The lowest BCUT2D eigenvalue weighted by atomic mass is 9.85. The fourth-order valence-electron chi connectivity index (χ4n) is 5.57. The number of benzene rings is 1. The monoisotopic (exact) mass is 540 g/mol. The summed E-state index contributed by atoms with van der Waals surface area (Å²) in [6.07, 6.45) is 6.22. The van der Waals surface area contributed by atoms with Gasteiger partial charge in [-0.1, -0.05) is 5.16 Å². The number of amides is 2. The van der Waals surface area contributed by atoms with Gasteiger partial charge in [0.1, 0.15) is 28.7 Å². The Kier molecular flexibility index (Phi) is 5.81. The second kappa shape index (κ2) is 9.10. The van der Waals surface area contributed by atoms with Gasteiger partial charge >= 0.3 is 0 Å². The Labute approximate surface area is 219 Å². The number of nitrogens with one attached hydrogen (secondary N) is 1. The van der Waals surface area contributed by atoms with E-state index in [4.69, 9.17) is 4.84 Å². The van der Waals surface area contributed by atoms with Gasteiger partial charge in [-0.2, -0.15) is 5.10 Å². The van der Waals surface area contributed by atoms with Crippen LogP contribution >= 0.6 is 0 Å². The van der Waals surface area contributed by atoms with Crippen molar-refractivity contribution >= 4 is 17.6 Å². The Morgan fingerprint density at radius 3 is 2.69 bits per heavy atom. The van der Waals surface area contributed by atoms with Crippen molar-refractivity contribution in [1.82, 2.24) is 24.6 Å². The minimum atomic E-state index is -1.17. The van der Waals surface area contributed by atoms with Crippen LogP contribution < -0.4 is 10.7 Å². The first-order chi connectivity index (χ1) is 18.7. The highest BCUT2D eigenvalue weighted by Gasteiger charge is 2.54. The first-order valence-electron chi connectivity index (χ1n) is 12.4. The standard InChI is InChI=1S/C26H23F3N6O4/c1-14-3-4-26(10-23(32-39-26)35-6-2-5-31-35)22-13-33(14)25(38)20-9-21(36)17(12-34(20)22)24(37)30-11-16-18(28)7-15(27)8-19(16)29/h2,5-9,12,14,22H,3-4,10-11,13H2,1H3,(H,30,37). The summed E-state index contributed by atoms with van der Waals surface area (Å²) in [5, 5.41) is 10.8. The summed E-state index contributed by atoms with van der Waals surface area (Å²) in [6.45, 7) is 1.59. The Balaban J connectivity index is 1.35. The molecule has 10 nitrogen and oxygen atoms in total. The van der Waals surface area contributed by atoms with E-state index in [1.54, 1.807) is 32.6 Å². The van der Waals surface area contributed by atoms with Crippen molar-refractivity contribution in [3.63, 3.8) is 0 Å². The van der Waals surface area contributed by atoms with E-state index in [1.165, 1.54) is 6.20 Å². The molecule has 3 aromatic rings. The molecule has 1 saturated heterocycles. The van der Waals surface area contributed by atoms with Crippen molar-refractivity contribution in [2.24, 2.45) is 5.16 Å². The van der Waals surface area contributed by atoms with Crippen LogP contribution in [-0.2, 0) is 11.4 Å². The van der Waals surface area contributed by atoms with Gasteiger partial charge in [-0.3, -0.25) is 14.4 Å². The SMILES string of the molecule is CC1CCC2(CC(n3cccn3)=NO2)C2CN1C(=O)c1cc(=O)c(C(=O)NCc3c(F)cc(F)cc3F)cn12. The number of carbonyl (C=O) groups is 2. The number of nitrogens with zero attached hydrogens (tertiary/aromatic N) is 5. The maximum Gasteiger partial charge on any atom is 0.270 e. The molecule has 0 aliphatic carbocycles. The van der Waals surface area contributed by atoms with Crippen LogP contribution in [0.4, 0.5) is 13.2 Å². The lowest BCUT2D eigenvalue weighted by Gasteiger charge is -2.41. The van der Waals surface area contributed by atoms with Gasteiger partial charge in [-0.05, 0) is 25.8 Å². The summed E-state index contributed by atoms with van der Waals surface area (Å²) < 4.78 is 44.5. The number of oxime groups is 1. The summed E-state index contributed by atoms with van der Waals surface area (Å²) in [5.41, 5.74) is -2.36. The molecule has 2 bridgehead atoms. The Morgan fingerprint density at radius 2 is 1.97 bits per heavy atom. The van der Waals surface area contributed by atoms with E-state index in [1.807, 2.05) is 6.92 Å². The number of halogens is 3. The van der Waals surface area contributed by atoms with Gasteiger partial charge in [-0.25, -0.2) is 17.9 Å². The molecule has 3 unspecified atom stereocenters. The molecule has 0 saturated carbocycles. The highest BCUT2D eigenvalue weighted by atomic mass is 19.1. The van der Waals surface area contributed by atoms with Gasteiger partial charge in [-0.15, -0.1) is 0 Å². The van der Waals surface area contributed by atoms with Crippen LogP contribution in [0.5, 0.6) is 0 Å². The van der Waals surface area contributed by atoms with Crippen molar-refractivity contribution in [3.05, 3.63) is 87.4 Å². The van der Waals surface area contributed by atoms with Crippen molar-refractivity contribution in [1.29, 1.82) is 0 Å². The van der Waals surface area contributed by atoms with Crippen LogP contribution in [0, 0.1) is 17.5 Å². The number of aromatic nitrogens is 3. The van der Waals surface area contributed by atoms with Crippen molar-refractivity contribution in [2.45, 2.75) is 50.4 Å². The fraction of sp³-hybridized carbons (Fsp3) is 0.346. The molecular formula is C26H23F3N6O4. The summed E-state index contributed by atoms with van der Waals surface area (Å²) in [6, 6.07) is 3.26. The number of pyridine rings is 1. The first-order valence-corrected chi connectivity index (χ1v) is 12.4. The zero-order valence-corrected chi connectivity index (χ0v) is 20.7. The van der Waals surface area contributed by atoms with Crippen LogP contribution in [-0.4, -0.2) is 55.1 Å². The lowest BCUT2D eigenvalue weighted by Crippen LogP contribution is -2.52. The Bertz CT molecular complexity index is 1560. The van der Waals surface area contributed by atoms with E-state index in [2.05, 4.69) is 15.6 Å². The molecule has 202 valence electrons. The quantitative estimate of drug-likeness (QED) is 0.549. The fourth-order valence-corrected chi connectivity index (χ4v) is 5.57. The second-order valence-corrected chi connectivity index (χ2v) is 10.0. The third-order valence-corrected chi connectivity index (χ3v) is 7.72. The van der Waals surface area contributed by atoms with Gasteiger partial charge in [0.15, 0.2) is 16.9 Å². The molecule has 3 aliphatic heterocycles. The van der Waals surface area contributed by atoms with E-state index in [9.17, 15) is 27.6 Å². The van der Waals surface area contributed by atoms with E-state index in [-0.39, 0.29) is 29.8 Å². The third-order valence-electron chi connectivity index (χ3n) is 7.72. The van der Waals surface area contributed by atoms with E-state index in [0.29, 0.717) is 37.2 Å². The first kappa shape index (κ1) is 24.9. The topological polar surface area (TPSA) is 111 Å². The predicted octanol–water partition coefficient (Wildman–Crippen LogP) is 2.59. The number of fused-ring (bicyclic) bond motifs is 5. The van der Waals surface area contributed by atoms with Crippen LogP contribution in [0.2, 0.25) is 0 Å². The molecular weight excluding hydrogens is 517 g/mol. The summed E-state index contributed by atoms with van der Waals surface area (Å²) in [4.78, 5) is 47.1. The van der Waals surface area contributed by atoms with Crippen molar-refractivity contribution in [2.75, 3.05) is 6.54 Å². The third kappa shape index (κ3) is 4.08. The minimum absolute atomic E-state index is 0.104. The van der Waals surface area contributed by atoms with E-state index >= 15 is 0 Å². The van der Waals surface area contributed by atoms with Crippen LogP contribution in [0.3, 0.4) is 0 Å². The number of hydrogen-bond donors (Lipinski definition) is 1. The molecule has 2 aromatic heterocycles. The minimum Gasteiger partial charge on any atom is -0.385 e. The van der Waals surface area contributed by atoms with Crippen molar-refractivity contribution < 1.29 is 27.6 Å². The van der Waals surface area contributed by atoms with Gasteiger partial charge in [0, 0.05) is 61.5 Å². The molecule has 1 N–H and O–H groups in total. The summed E-state index contributed by atoms with van der Waals surface area (Å²) >= 11 is 0. The molecule has 5 heterocycles. The summed E-state index contributed by atoms with van der Waals surface area (Å²) in [7, 11) is 0. The highest BCUT2D eigenvalue weighted by Crippen LogP contribution is 2.45. The lowest BCUT2D eigenvalue weighted by molar-refractivity contribution is -0.0654. The smallest absolute Gasteiger partial charge is 0.270 e. The molecule has 3 atom stereocenters. The highest BCUT2D eigenvalue weighted by molar-refractivity contribution is 5.97. The maximum atomic E-state index is 14.1. The molecule has 13 heteroatoms. The number of hydrogen-bond acceptors (Lipinski definition) is 6. The zero-order chi connectivity index (χ0) is 27.5. The normalized spacial score (nSPS) is 23.7.